The molecule has 0 bridgehead atoms. The SMILES string of the molecule is C=CC[C@H](NC(=O)OC(C)(C)C)c1nc(-c2ccc(COC(N)=O)cc2NS(=O)(=O)CC=C)cn1COCC[Si](C)(C)C. The van der Waals surface area contributed by atoms with Crippen molar-refractivity contribution in [2.45, 2.75) is 77.9 Å². The number of imidazole rings is 1. The number of sulfonamides is 1. The molecular formula is C29H45N5O7SSi. The number of hydrogen-bond acceptors (Lipinski definition) is 8. The molecule has 2 rings (SSSR count). The van der Waals surface area contributed by atoms with Crippen molar-refractivity contribution in [2.24, 2.45) is 5.73 Å². The van der Waals surface area contributed by atoms with Gasteiger partial charge < -0.3 is 29.8 Å². The minimum atomic E-state index is -3.80. The average Bonchev–Trinajstić information content (AvgIpc) is 3.27. The molecule has 0 saturated carbocycles. The van der Waals surface area contributed by atoms with E-state index in [0.717, 1.165) is 6.04 Å². The zero-order chi connectivity index (χ0) is 32.4. The first-order valence-corrected chi connectivity index (χ1v) is 19.2. The third-order valence-electron chi connectivity index (χ3n) is 5.78. The van der Waals surface area contributed by atoms with E-state index in [4.69, 9.17) is 24.9 Å². The van der Waals surface area contributed by atoms with Crippen molar-refractivity contribution < 1.29 is 32.2 Å². The molecule has 14 heteroatoms. The summed E-state index contributed by atoms with van der Waals surface area (Å²) in [7, 11) is -5.14. The average molecular weight is 636 g/mol. The molecule has 2 aromatic rings. The zero-order valence-corrected chi connectivity index (χ0v) is 27.8. The molecule has 0 aliphatic rings. The van der Waals surface area contributed by atoms with Crippen molar-refractivity contribution in [1.29, 1.82) is 0 Å². The summed E-state index contributed by atoms with van der Waals surface area (Å²) >= 11 is 0. The smallest absolute Gasteiger partial charge is 0.408 e. The number of anilines is 1. The first-order valence-electron chi connectivity index (χ1n) is 13.8. The van der Waals surface area contributed by atoms with E-state index < -0.39 is 41.9 Å². The van der Waals surface area contributed by atoms with Gasteiger partial charge in [-0.05, 0) is 44.9 Å². The summed E-state index contributed by atoms with van der Waals surface area (Å²) < 4.78 is 46.2. The molecule has 0 aliphatic heterocycles. The van der Waals surface area contributed by atoms with Crippen LogP contribution in [0.25, 0.3) is 11.3 Å². The molecule has 4 N–H and O–H groups in total. The van der Waals surface area contributed by atoms with Crippen LogP contribution in [0.4, 0.5) is 15.3 Å². The molecule has 0 aliphatic carbocycles. The Hall–Kier alpha value is -3.62. The Morgan fingerprint density at radius 3 is 2.47 bits per heavy atom. The number of nitrogens with zero attached hydrogens (tertiary/aromatic N) is 2. The third-order valence-corrected chi connectivity index (χ3v) is 8.69. The van der Waals surface area contributed by atoms with E-state index in [9.17, 15) is 18.0 Å². The Morgan fingerprint density at radius 1 is 1.19 bits per heavy atom. The van der Waals surface area contributed by atoms with E-state index in [1.165, 1.54) is 6.08 Å². The van der Waals surface area contributed by atoms with E-state index in [1.54, 1.807) is 55.8 Å². The molecule has 12 nitrogen and oxygen atoms in total. The summed E-state index contributed by atoms with van der Waals surface area (Å²) in [4.78, 5) is 28.7. The molecular weight excluding hydrogens is 591 g/mol. The maximum Gasteiger partial charge on any atom is 0.408 e. The monoisotopic (exact) mass is 635 g/mol. The molecule has 0 radical (unpaired) electrons. The van der Waals surface area contributed by atoms with Crippen LogP contribution in [-0.2, 0) is 37.6 Å². The quantitative estimate of drug-likeness (QED) is 0.123. The highest BCUT2D eigenvalue weighted by Gasteiger charge is 2.25. The Labute approximate surface area is 255 Å². The van der Waals surface area contributed by atoms with E-state index in [2.05, 4.69) is 42.8 Å². The number of hydrogen-bond donors (Lipinski definition) is 3. The number of rotatable bonds is 16. The van der Waals surface area contributed by atoms with Gasteiger partial charge in [-0.3, -0.25) is 4.72 Å². The van der Waals surface area contributed by atoms with E-state index in [0.29, 0.717) is 35.7 Å². The van der Waals surface area contributed by atoms with Crippen LogP contribution >= 0.6 is 0 Å². The van der Waals surface area contributed by atoms with Crippen LogP contribution < -0.4 is 15.8 Å². The molecule has 0 unspecified atom stereocenters. The number of carbonyl (C=O) groups excluding carboxylic acids is 2. The molecule has 0 saturated heterocycles. The molecule has 1 aromatic carbocycles. The maximum absolute atomic E-state index is 12.7. The highest BCUT2D eigenvalue weighted by Crippen LogP contribution is 2.32. The van der Waals surface area contributed by atoms with E-state index >= 15 is 0 Å². The van der Waals surface area contributed by atoms with Crippen LogP contribution in [0.3, 0.4) is 0 Å². The van der Waals surface area contributed by atoms with Crippen molar-refractivity contribution >= 4 is 36.0 Å². The number of nitrogens with two attached hydrogens (primary N) is 1. The Kier molecular flexibility index (Phi) is 12.6. The largest absolute Gasteiger partial charge is 0.445 e. The number of benzene rings is 1. The minimum Gasteiger partial charge on any atom is -0.445 e. The summed E-state index contributed by atoms with van der Waals surface area (Å²) in [5.41, 5.74) is 5.98. The van der Waals surface area contributed by atoms with Gasteiger partial charge in [-0.15, -0.1) is 13.2 Å². The normalized spacial score (nSPS) is 12.7. The third kappa shape index (κ3) is 12.6. The number of primary amides is 1. The molecule has 1 heterocycles. The van der Waals surface area contributed by atoms with Gasteiger partial charge in [0.1, 0.15) is 24.8 Å². The van der Waals surface area contributed by atoms with Crippen LogP contribution in [0.5, 0.6) is 0 Å². The highest BCUT2D eigenvalue weighted by molar-refractivity contribution is 7.92. The summed E-state index contributed by atoms with van der Waals surface area (Å²) in [6.45, 7) is 20.0. The van der Waals surface area contributed by atoms with Gasteiger partial charge in [0.2, 0.25) is 10.0 Å². The number of nitrogens with one attached hydrogen (secondary N) is 2. The fraction of sp³-hybridized carbons (Fsp3) is 0.483. The van der Waals surface area contributed by atoms with Crippen molar-refractivity contribution in [3.8, 4) is 11.3 Å². The second-order valence-corrected chi connectivity index (χ2v) is 19.6. The van der Waals surface area contributed by atoms with E-state index in [1.807, 2.05) is 0 Å². The maximum atomic E-state index is 12.7. The first-order chi connectivity index (χ1) is 19.9. The predicted octanol–water partition coefficient (Wildman–Crippen LogP) is 5.53. The fourth-order valence-corrected chi connectivity index (χ4v) is 5.49. The van der Waals surface area contributed by atoms with Crippen LogP contribution in [0.1, 0.15) is 44.6 Å². The minimum absolute atomic E-state index is 0.151. The number of aromatic nitrogens is 2. The van der Waals surface area contributed by atoms with Gasteiger partial charge in [0.15, 0.2) is 0 Å². The number of alkyl carbamates (subject to hydrolysis) is 1. The van der Waals surface area contributed by atoms with Crippen LogP contribution in [0, 0.1) is 0 Å². The van der Waals surface area contributed by atoms with E-state index in [-0.39, 0.29) is 24.8 Å². The van der Waals surface area contributed by atoms with Gasteiger partial charge >= 0.3 is 12.2 Å². The number of ether oxygens (including phenoxy) is 3. The summed E-state index contributed by atoms with van der Waals surface area (Å²) in [5, 5.41) is 2.87. The van der Waals surface area contributed by atoms with Crippen molar-refractivity contribution in [3.63, 3.8) is 0 Å². The van der Waals surface area contributed by atoms with Crippen molar-refractivity contribution in [3.05, 3.63) is 61.1 Å². The molecule has 1 aromatic heterocycles. The second kappa shape index (κ2) is 15.2. The Balaban J connectivity index is 2.60. The summed E-state index contributed by atoms with van der Waals surface area (Å²) in [5.74, 6) is 0.148. The molecule has 238 valence electrons. The topological polar surface area (TPSA) is 164 Å². The van der Waals surface area contributed by atoms with Gasteiger partial charge in [-0.2, -0.15) is 0 Å². The molecule has 43 heavy (non-hydrogen) atoms. The summed E-state index contributed by atoms with van der Waals surface area (Å²) in [6.07, 6.45) is 3.43. The lowest BCUT2D eigenvalue weighted by atomic mass is 10.1. The summed E-state index contributed by atoms with van der Waals surface area (Å²) in [6, 6.07) is 5.22. The molecule has 0 fully saturated rings. The van der Waals surface area contributed by atoms with Gasteiger partial charge in [0.25, 0.3) is 0 Å². The lowest BCUT2D eigenvalue weighted by molar-refractivity contribution is 0.0492. The number of carbonyl (C=O) groups is 2. The Bertz CT molecular complexity index is 1390. The van der Waals surface area contributed by atoms with Crippen LogP contribution in [-0.4, -0.2) is 56.2 Å². The van der Waals surface area contributed by atoms with Crippen molar-refractivity contribution in [1.82, 2.24) is 14.9 Å². The standard InChI is InChI=1S/C29H45N5O7SSi/c1-9-11-23(32-28(36)41-29(3,4)5)26-31-25(18-34(26)20-39-14-16-43(6,7)8)22-13-12-21(19-40-27(30)35)17-24(22)33-42(37,38)15-10-2/h9-10,12-13,17-18,23,33H,1-2,11,14-16,19-20H2,3-8H3,(H2,30,35)(H,32,36)/t23-/m0/s1. The molecule has 0 spiro atoms. The predicted molar refractivity (Wildman–Crippen MR) is 171 cm³/mol. The lowest BCUT2D eigenvalue weighted by Crippen LogP contribution is -2.36. The van der Waals surface area contributed by atoms with Crippen LogP contribution in [0.15, 0.2) is 49.7 Å². The van der Waals surface area contributed by atoms with Crippen LogP contribution in [0.2, 0.25) is 25.7 Å². The molecule has 1 atom stereocenters. The highest BCUT2D eigenvalue weighted by atomic mass is 32.2. The number of amides is 2. The second-order valence-electron chi connectivity index (χ2n) is 12.2. The van der Waals surface area contributed by atoms with Gasteiger partial charge in [0.05, 0.1) is 23.2 Å². The molecule has 2 amide bonds. The van der Waals surface area contributed by atoms with Gasteiger partial charge in [-0.1, -0.05) is 43.9 Å². The fourth-order valence-electron chi connectivity index (χ4n) is 3.84. The van der Waals surface area contributed by atoms with Crippen molar-refractivity contribution in [2.75, 3.05) is 17.1 Å². The van der Waals surface area contributed by atoms with Gasteiger partial charge in [0, 0.05) is 26.4 Å². The van der Waals surface area contributed by atoms with Gasteiger partial charge in [-0.25, -0.2) is 23.0 Å². The zero-order valence-electron chi connectivity index (χ0n) is 25.9. The first kappa shape index (κ1) is 35.6. The Morgan fingerprint density at radius 2 is 1.88 bits per heavy atom. The lowest BCUT2D eigenvalue weighted by Gasteiger charge is -2.23.